The summed E-state index contributed by atoms with van der Waals surface area (Å²) < 4.78 is 13.5. The monoisotopic (exact) mass is 446 g/mol. The first kappa shape index (κ1) is 19.8. The SMILES string of the molecule is Clc1ccc(-c2nc(CSc3nnc(N4CCCC4)n3CC3CCCO3)no2)cc1. The van der Waals surface area contributed by atoms with Crippen molar-refractivity contribution in [2.24, 2.45) is 0 Å². The van der Waals surface area contributed by atoms with E-state index >= 15 is 0 Å². The minimum atomic E-state index is 0.225. The van der Waals surface area contributed by atoms with Crippen LogP contribution in [0, 0.1) is 0 Å². The summed E-state index contributed by atoms with van der Waals surface area (Å²) in [6.45, 7) is 3.68. The molecule has 0 spiro atoms. The fourth-order valence-electron chi connectivity index (χ4n) is 3.84. The van der Waals surface area contributed by atoms with Gasteiger partial charge in [-0.25, -0.2) is 0 Å². The molecule has 2 saturated heterocycles. The molecule has 3 aromatic rings. The second-order valence-corrected chi connectivity index (χ2v) is 8.91. The highest BCUT2D eigenvalue weighted by Crippen LogP contribution is 2.29. The molecular formula is C20H23ClN6O2S. The predicted molar refractivity (Wildman–Crippen MR) is 115 cm³/mol. The predicted octanol–water partition coefficient (Wildman–Crippen LogP) is 4.05. The Balaban J connectivity index is 1.31. The molecule has 0 bridgehead atoms. The summed E-state index contributed by atoms with van der Waals surface area (Å²) in [5, 5.41) is 14.6. The van der Waals surface area contributed by atoms with E-state index in [1.807, 2.05) is 24.3 Å². The number of thioether (sulfide) groups is 1. The van der Waals surface area contributed by atoms with Crippen LogP contribution in [0.25, 0.3) is 11.5 Å². The Morgan fingerprint density at radius 2 is 1.93 bits per heavy atom. The highest BCUT2D eigenvalue weighted by Gasteiger charge is 2.25. The average molecular weight is 447 g/mol. The van der Waals surface area contributed by atoms with Gasteiger partial charge in [-0.1, -0.05) is 28.5 Å². The second kappa shape index (κ2) is 8.95. The molecule has 2 aliphatic rings. The zero-order chi connectivity index (χ0) is 20.3. The van der Waals surface area contributed by atoms with Gasteiger partial charge in [0.05, 0.1) is 18.4 Å². The van der Waals surface area contributed by atoms with Crippen molar-refractivity contribution in [1.29, 1.82) is 0 Å². The Hall–Kier alpha value is -2.10. The number of hydrogen-bond donors (Lipinski definition) is 0. The van der Waals surface area contributed by atoms with Crippen LogP contribution in [0.15, 0.2) is 33.9 Å². The highest BCUT2D eigenvalue weighted by molar-refractivity contribution is 7.98. The quantitative estimate of drug-likeness (QED) is 0.502. The lowest BCUT2D eigenvalue weighted by molar-refractivity contribution is 0.0952. The van der Waals surface area contributed by atoms with Crippen LogP contribution in [0.5, 0.6) is 0 Å². The molecule has 8 nitrogen and oxygen atoms in total. The molecule has 0 saturated carbocycles. The number of aromatic nitrogens is 5. The molecule has 30 heavy (non-hydrogen) atoms. The first-order chi connectivity index (χ1) is 14.8. The third-order valence-electron chi connectivity index (χ3n) is 5.39. The van der Waals surface area contributed by atoms with Gasteiger partial charge in [0.1, 0.15) is 0 Å². The summed E-state index contributed by atoms with van der Waals surface area (Å²) in [5.41, 5.74) is 0.848. The molecule has 158 valence electrons. The van der Waals surface area contributed by atoms with Gasteiger partial charge in [-0.15, -0.1) is 10.2 Å². The van der Waals surface area contributed by atoms with Gasteiger partial charge < -0.3 is 14.2 Å². The maximum atomic E-state index is 5.95. The number of ether oxygens (including phenoxy) is 1. The Kier molecular flexibility index (Phi) is 5.92. The van der Waals surface area contributed by atoms with Crippen molar-refractivity contribution in [1.82, 2.24) is 24.9 Å². The molecule has 10 heteroatoms. The lowest BCUT2D eigenvalue weighted by Crippen LogP contribution is -2.25. The molecule has 2 aliphatic heterocycles. The van der Waals surface area contributed by atoms with Crippen molar-refractivity contribution in [2.75, 3.05) is 24.6 Å². The molecule has 0 aliphatic carbocycles. The van der Waals surface area contributed by atoms with Gasteiger partial charge in [-0.05, 0) is 49.9 Å². The van der Waals surface area contributed by atoms with Gasteiger partial charge in [0.15, 0.2) is 11.0 Å². The van der Waals surface area contributed by atoms with Crippen LogP contribution in [0.4, 0.5) is 5.95 Å². The highest BCUT2D eigenvalue weighted by atomic mass is 35.5. The van der Waals surface area contributed by atoms with Gasteiger partial charge in [-0.2, -0.15) is 4.98 Å². The summed E-state index contributed by atoms with van der Waals surface area (Å²) in [4.78, 5) is 6.83. The zero-order valence-electron chi connectivity index (χ0n) is 16.5. The third-order valence-corrected chi connectivity index (χ3v) is 6.60. The van der Waals surface area contributed by atoms with Crippen LogP contribution in [-0.2, 0) is 17.0 Å². The van der Waals surface area contributed by atoms with Crippen LogP contribution in [0.3, 0.4) is 0 Å². The fourth-order valence-corrected chi connectivity index (χ4v) is 4.75. The molecule has 2 aromatic heterocycles. The largest absolute Gasteiger partial charge is 0.376 e. The number of rotatable bonds is 7. The Morgan fingerprint density at radius 1 is 1.10 bits per heavy atom. The van der Waals surface area contributed by atoms with Crippen LogP contribution in [0.2, 0.25) is 5.02 Å². The normalized spacial score (nSPS) is 19.1. The molecule has 1 unspecified atom stereocenters. The minimum absolute atomic E-state index is 0.225. The topological polar surface area (TPSA) is 82.1 Å². The molecule has 1 aromatic carbocycles. The number of anilines is 1. The Morgan fingerprint density at radius 3 is 2.70 bits per heavy atom. The summed E-state index contributed by atoms with van der Waals surface area (Å²) in [5.74, 6) is 2.61. The van der Waals surface area contributed by atoms with E-state index in [9.17, 15) is 0 Å². The van der Waals surface area contributed by atoms with Crippen LogP contribution < -0.4 is 4.90 Å². The van der Waals surface area contributed by atoms with Crippen LogP contribution in [0.1, 0.15) is 31.5 Å². The molecule has 4 heterocycles. The Labute approximate surface area is 183 Å². The van der Waals surface area contributed by atoms with E-state index in [1.165, 1.54) is 12.8 Å². The smallest absolute Gasteiger partial charge is 0.257 e. The standard InChI is InChI=1S/C20H23ClN6O2S/c21-15-7-5-14(6-8-15)18-22-17(25-29-18)13-30-20-24-23-19(26-9-1-2-10-26)27(20)12-16-4-3-11-28-16/h5-8,16H,1-4,9-13H2. The van der Waals surface area contributed by atoms with Gasteiger partial charge >= 0.3 is 0 Å². The number of benzene rings is 1. The van der Waals surface area contributed by atoms with E-state index in [0.717, 1.165) is 55.8 Å². The van der Waals surface area contributed by atoms with E-state index in [2.05, 4.69) is 29.8 Å². The van der Waals surface area contributed by atoms with E-state index in [1.54, 1.807) is 11.8 Å². The van der Waals surface area contributed by atoms with Crippen molar-refractivity contribution in [3.63, 3.8) is 0 Å². The lowest BCUT2D eigenvalue weighted by Gasteiger charge is -2.20. The minimum Gasteiger partial charge on any atom is -0.376 e. The van der Waals surface area contributed by atoms with Gasteiger partial charge in [-0.3, -0.25) is 4.57 Å². The molecule has 0 amide bonds. The lowest BCUT2D eigenvalue weighted by atomic mass is 10.2. The van der Waals surface area contributed by atoms with Crippen molar-refractivity contribution < 1.29 is 9.26 Å². The van der Waals surface area contributed by atoms with Gasteiger partial charge in [0.25, 0.3) is 5.89 Å². The van der Waals surface area contributed by atoms with Crippen molar-refractivity contribution in [2.45, 2.75) is 49.2 Å². The summed E-state index contributed by atoms with van der Waals surface area (Å²) in [6, 6.07) is 7.35. The van der Waals surface area contributed by atoms with E-state index in [4.69, 9.17) is 20.9 Å². The summed E-state index contributed by atoms with van der Waals surface area (Å²) >= 11 is 7.52. The molecule has 0 N–H and O–H groups in total. The molecular weight excluding hydrogens is 424 g/mol. The van der Waals surface area contributed by atoms with Crippen LogP contribution in [-0.4, -0.2) is 50.7 Å². The maximum absolute atomic E-state index is 5.95. The summed E-state index contributed by atoms with van der Waals surface area (Å²) in [6.07, 6.45) is 4.82. The molecule has 5 rings (SSSR count). The van der Waals surface area contributed by atoms with E-state index < -0.39 is 0 Å². The zero-order valence-corrected chi connectivity index (χ0v) is 18.1. The maximum Gasteiger partial charge on any atom is 0.257 e. The van der Waals surface area contributed by atoms with Crippen molar-refractivity contribution in [3.8, 4) is 11.5 Å². The molecule has 0 radical (unpaired) electrons. The fraction of sp³-hybridized carbons (Fsp3) is 0.500. The van der Waals surface area contributed by atoms with Crippen molar-refractivity contribution >= 4 is 29.3 Å². The van der Waals surface area contributed by atoms with Gasteiger partial charge in [0, 0.05) is 30.3 Å². The number of nitrogens with zero attached hydrogens (tertiary/aromatic N) is 6. The van der Waals surface area contributed by atoms with E-state index in [0.29, 0.717) is 22.5 Å². The van der Waals surface area contributed by atoms with Crippen molar-refractivity contribution in [3.05, 3.63) is 35.1 Å². The van der Waals surface area contributed by atoms with E-state index in [-0.39, 0.29) is 6.10 Å². The van der Waals surface area contributed by atoms with Crippen LogP contribution >= 0.6 is 23.4 Å². The summed E-state index contributed by atoms with van der Waals surface area (Å²) in [7, 11) is 0. The molecule has 2 fully saturated rings. The first-order valence-corrected chi connectivity index (χ1v) is 11.6. The number of halogens is 1. The van der Waals surface area contributed by atoms with Gasteiger partial charge in [0.2, 0.25) is 5.95 Å². The molecule has 1 atom stereocenters. The number of hydrogen-bond acceptors (Lipinski definition) is 8. The Bertz CT molecular complexity index is 980. The third kappa shape index (κ3) is 4.33. The second-order valence-electron chi connectivity index (χ2n) is 7.53. The first-order valence-electron chi connectivity index (χ1n) is 10.3. The average Bonchev–Trinajstić information content (AvgIpc) is 3.55.